The van der Waals surface area contributed by atoms with Crippen LogP contribution in [-0.2, 0) is 6.54 Å². The van der Waals surface area contributed by atoms with Gasteiger partial charge in [0.15, 0.2) is 0 Å². The van der Waals surface area contributed by atoms with Crippen LogP contribution in [0.1, 0.15) is 0 Å². The molecule has 0 N–H and O–H groups in total. The number of benzene rings is 1. The van der Waals surface area contributed by atoms with Crippen LogP contribution in [-0.4, -0.2) is 15.7 Å². The third kappa shape index (κ3) is 2.11. The molecule has 0 aliphatic heterocycles. The molecule has 0 atom stereocenters. The first kappa shape index (κ1) is 11.2. The first-order valence-corrected chi connectivity index (χ1v) is 4.63. The Morgan fingerprint density at radius 3 is 2.62 bits per heavy atom. The van der Waals surface area contributed by atoms with Crippen LogP contribution in [0.5, 0.6) is 0 Å². The van der Waals surface area contributed by atoms with E-state index >= 15 is 0 Å². The lowest BCUT2D eigenvalue weighted by Gasteiger charge is -2.08. The van der Waals surface area contributed by atoms with Gasteiger partial charge < -0.3 is 4.57 Å². The predicted octanol–water partition coefficient (Wildman–Crippen LogP) is 3.39. The summed E-state index contributed by atoms with van der Waals surface area (Å²) in [6, 6.07) is 3.37. The van der Waals surface area contributed by atoms with Crippen LogP contribution in [0.4, 0.5) is 17.6 Å². The molecule has 1 aromatic heterocycles. The zero-order chi connectivity index (χ0) is 11.9. The number of aromatic nitrogens is 2. The van der Waals surface area contributed by atoms with Crippen molar-refractivity contribution in [2.45, 2.75) is 12.7 Å². The van der Waals surface area contributed by atoms with Gasteiger partial charge in [0.1, 0.15) is 12.4 Å². The largest absolute Gasteiger partial charge is 0.406 e. The molecule has 0 aliphatic rings. The van der Waals surface area contributed by atoms with Gasteiger partial charge in [-0.05, 0) is 29.8 Å². The molecule has 86 valence electrons. The normalized spacial score (nSPS) is 12.3. The molecule has 16 heavy (non-hydrogen) atoms. The lowest BCUT2D eigenvalue weighted by atomic mass is 10.3. The zero-order valence-electron chi connectivity index (χ0n) is 7.72. The van der Waals surface area contributed by atoms with Crippen molar-refractivity contribution in [3.8, 4) is 0 Å². The monoisotopic (exact) mass is 252 g/mol. The summed E-state index contributed by atoms with van der Waals surface area (Å²) in [7, 11) is 0. The van der Waals surface area contributed by atoms with Gasteiger partial charge in [0.2, 0.25) is 5.28 Å². The smallest absolute Gasteiger partial charge is 0.305 e. The first-order valence-electron chi connectivity index (χ1n) is 4.25. The van der Waals surface area contributed by atoms with Crippen LogP contribution in [0.2, 0.25) is 5.28 Å². The van der Waals surface area contributed by atoms with Gasteiger partial charge in [-0.2, -0.15) is 13.2 Å². The fraction of sp³-hybridized carbons (Fsp3) is 0.222. The van der Waals surface area contributed by atoms with Crippen LogP contribution in [0.3, 0.4) is 0 Å². The minimum atomic E-state index is -4.43. The summed E-state index contributed by atoms with van der Waals surface area (Å²) in [5, 5.41) is -0.307. The summed E-state index contributed by atoms with van der Waals surface area (Å²) in [6.45, 7) is -1.29. The summed E-state index contributed by atoms with van der Waals surface area (Å²) >= 11 is 5.56. The summed E-state index contributed by atoms with van der Waals surface area (Å²) < 4.78 is 50.3. The molecule has 0 spiro atoms. The highest BCUT2D eigenvalue weighted by atomic mass is 35.5. The van der Waals surface area contributed by atoms with E-state index in [0.29, 0.717) is 0 Å². The number of imidazole rings is 1. The van der Waals surface area contributed by atoms with Crippen LogP contribution in [0.25, 0.3) is 11.0 Å². The molecule has 0 bridgehead atoms. The van der Waals surface area contributed by atoms with Gasteiger partial charge >= 0.3 is 6.18 Å². The van der Waals surface area contributed by atoms with E-state index in [0.717, 1.165) is 16.7 Å². The Balaban J connectivity index is 2.58. The van der Waals surface area contributed by atoms with Crippen molar-refractivity contribution < 1.29 is 17.6 Å². The fourth-order valence-electron chi connectivity index (χ4n) is 1.40. The molecule has 2 rings (SSSR count). The van der Waals surface area contributed by atoms with Gasteiger partial charge in [0, 0.05) is 0 Å². The highest BCUT2D eigenvalue weighted by Gasteiger charge is 2.30. The van der Waals surface area contributed by atoms with Gasteiger partial charge in [-0.25, -0.2) is 9.37 Å². The van der Waals surface area contributed by atoms with Gasteiger partial charge in [0.05, 0.1) is 11.0 Å². The van der Waals surface area contributed by atoms with E-state index in [1.165, 1.54) is 6.07 Å². The quantitative estimate of drug-likeness (QED) is 0.712. The number of fused-ring (bicyclic) bond motifs is 1. The molecule has 0 amide bonds. The zero-order valence-corrected chi connectivity index (χ0v) is 8.48. The Bertz CT molecular complexity index is 532. The molecule has 2 aromatic rings. The molecule has 1 aromatic carbocycles. The number of halogens is 5. The van der Waals surface area contributed by atoms with E-state index in [1.807, 2.05) is 0 Å². The molecule has 0 saturated heterocycles. The van der Waals surface area contributed by atoms with Crippen LogP contribution >= 0.6 is 11.6 Å². The minimum absolute atomic E-state index is 0.0299. The number of alkyl halides is 3. The Morgan fingerprint density at radius 1 is 1.31 bits per heavy atom. The van der Waals surface area contributed by atoms with Gasteiger partial charge in [-0.1, -0.05) is 0 Å². The molecule has 2 nitrogen and oxygen atoms in total. The van der Waals surface area contributed by atoms with Gasteiger partial charge in [0.25, 0.3) is 0 Å². The van der Waals surface area contributed by atoms with Crippen molar-refractivity contribution in [1.82, 2.24) is 9.55 Å². The van der Waals surface area contributed by atoms with Crippen molar-refractivity contribution in [2.75, 3.05) is 0 Å². The predicted molar refractivity (Wildman–Crippen MR) is 50.8 cm³/mol. The summed E-state index contributed by atoms with van der Waals surface area (Å²) in [5.74, 6) is -0.632. The average molecular weight is 253 g/mol. The number of hydrogen-bond acceptors (Lipinski definition) is 1. The maximum atomic E-state index is 12.9. The lowest BCUT2D eigenvalue weighted by Crippen LogP contribution is -2.17. The number of rotatable bonds is 1. The highest BCUT2D eigenvalue weighted by molar-refractivity contribution is 6.29. The Morgan fingerprint density at radius 2 is 2.00 bits per heavy atom. The van der Waals surface area contributed by atoms with Crippen molar-refractivity contribution >= 4 is 22.6 Å². The van der Waals surface area contributed by atoms with Crippen molar-refractivity contribution in [1.29, 1.82) is 0 Å². The highest BCUT2D eigenvalue weighted by Crippen LogP contribution is 2.26. The molecule has 0 aliphatic carbocycles. The Hall–Kier alpha value is -1.30. The number of nitrogens with zero attached hydrogens (tertiary/aromatic N) is 2. The fourth-order valence-corrected chi connectivity index (χ4v) is 1.64. The maximum Gasteiger partial charge on any atom is 0.406 e. The van der Waals surface area contributed by atoms with Gasteiger partial charge in [-0.3, -0.25) is 0 Å². The third-order valence-corrected chi connectivity index (χ3v) is 2.29. The van der Waals surface area contributed by atoms with E-state index in [-0.39, 0.29) is 16.3 Å². The van der Waals surface area contributed by atoms with E-state index < -0.39 is 18.5 Å². The van der Waals surface area contributed by atoms with E-state index in [1.54, 1.807) is 0 Å². The summed E-state index contributed by atoms with van der Waals surface area (Å²) in [6.07, 6.45) is -4.43. The topological polar surface area (TPSA) is 17.8 Å². The Kier molecular flexibility index (Phi) is 2.53. The third-order valence-electron chi connectivity index (χ3n) is 2.00. The molecule has 0 fully saturated rings. The summed E-state index contributed by atoms with van der Waals surface area (Å²) in [5.41, 5.74) is 0.262. The Labute approximate surface area is 92.4 Å². The molecule has 0 saturated carbocycles. The van der Waals surface area contributed by atoms with Crippen molar-refractivity contribution in [3.63, 3.8) is 0 Å². The minimum Gasteiger partial charge on any atom is -0.305 e. The SMILES string of the molecule is Fc1ccc2nc(Cl)n(CC(F)(F)F)c2c1. The molecule has 0 radical (unpaired) electrons. The van der Waals surface area contributed by atoms with Gasteiger partial charge in [-0.15, -0.1) is 0 Å². The van der Waals surface area contributed by atoms with Crippen LogP contribution < -0.4 is 0 Å². The molecule has 7 heteroatoms. The van der Waals surface area contributed by atoms with Crippen LogP contribution in [0, 0.1) is 5.82 Å². The van der Waals surface area contributed by atoms with E-state index in [9.17, 15) is 17.6 Å². The van der Waals surface area contributed by atoms with Crippen molar-refractivity contribution in [2.24, 2.45) is 0 Å². The molecule has 0 unspecified atom stereocenters. The second-order valence-corrected chi connectivity index (χ2v) is 3.55. The van der Waals surface area contributed by atoms with Crippen molar-refractivity contribution in [3.05, 3.63) is 29.3 Å². The maximum absolute atomic E-state index is 12.9. The average Bonchev–Trinajstić information content (AvgIpc) is 2.42. The lowest BCUT2D eigenvalue weighted by molar-refractivity contribution is -0.139. The number of hydrogen-bond donors (Lipinski definition) is 0. The molecular weight excluding hydrogens is 248 g/mol. The second kappa shape index (κ2) is 3.62. The first-order chi connectivity index (χ1) is 7.37. The molecular formula is C9H5ClF4N2. The molecule has 1 heterocycles. The second-order valence-electron chi connectivity index (χ2n) is 3.22. The standard InChI is InChI=1S/C9H5ClF4N2/c10-8-15-6-2-1-5(11)3-7(6)16(8)4-9(12,13)14/h1-3H,4H2. The summed E-state index contributed by atoms with van der Waals surface area (Å²) in [4.78, 5) is 3.70. The van der Waals surface area contributed by atoms with Crippen LogP contribution in [0.15, 0.2) is 18.2 Å². The van der Waals surface area contributed by atoms with E-state index in [4.69, 9.17) is 11.6 Å². The van der Waals surface area contributed by atoms with E-state index in [2.05, 4.69) is 4.98 Å².